The molecule has 0 aliphatic heterocycles. The van der Waals surface area contributed by atoms with Crippen molar-refractivity contribution in [1.29, 1.82) is 0 Å². The van der Waals surface area contributed by atoms with E-state index in [-0.39, 0.29) is 0 Å². The van der Waals surface area contributed by atoms with Crippen LogP contribution < -0.4 is 4.90 Å². The Morgan fingerprint density at radius 1 is 0.903 bits per heavy atom. The van der Waals surface area contributed by atoms with Crippen LogP contribution in [0, 0.1) is 11.8 Å². The van der Waals surface area contributed by atoms with E-state index < -0.39 is 5.97 Å². The van der Waals surface area contributed by atoms with E-state index in [1.165, 1.54) is 0 Å². The molecule has 0 bridgehead atoms. The summed E-state index contributed by atoms with van der Waals surface area (Å²) in [5.41, 5.74) is 4.42. The Morgan fingerprint density at radius 2 is 1.45 bits per heavy atom. The average Bonchev–Trinajstić information content (AvgIpc) is 2.83. The van der Waals surface area contributed by atoms with Crippen molar-refractivity contribution in [3.63, 3.8) is 0 Å². The second-order valence-electron chi connectivity index (χ2n) is 6.67. The number of carbonyl (C=O) groups excluding carboxylic acids is 1. The molecule has 0 amide bonds. The SMILES string of the molecule is C=CC(=O)OCCN(C)c1ccc(N=Nc2ccc(C#Cc3ccccc3)cc2)cc1. The minimum Gasteiger partial charge on any atom is -0.461 e. The minimum atomic E-state index is -0.416. The van der Waals surface area contributed by atoms with Gasteiger partial charge in [-0.1, -0.05) is 36.6 Å². The summed E-state index contributed by atoms with van der Waals surface area (Å²) >= 11 is 0. The molecule has 0 atom stereocenters. The lowest BCUT2D eigenvalue weighted by atomic mass is 10.2. The van der Waals surface area contributed by atoms with E-state index >= 15 is 0 Å². The Balaban J connectivity index is 1.55. The van der Waals surface area contributed by atoms with Crippen LogP contribution >= 0.6 is 0 Å². The first-order chi connectivity index (χ1) is 15.1. The number of hydrogen-bond donors (Lipinski definition) is 0. The van der Waals surface area contributed by atoms with Gasteiger partial charge in [-0.15, -0.1) is 0 Å². The molecule has 0 heterocycles. The van der Waals surface area contributed by atoms with Crippen molar-refractivity contribution in [2.75, 3.05) is 25.1 Å². The lowest BCUT2D eigenvalue weighted by molar-refractivity contribution is -0.137. The maximum Gasteiger partial charge on any atom is 0.330 e. The van der Waals surface area contributed by atoms with Crippen LogP contribution in [0.1, 0.15) is 11.1 Å². The van der Waals surface area contributed by atoms with Gasteiger partial charge in [0, 0.05) is 29.9 Å². The zero-order valence-corrected chi connectivity index (χ0v) is 17.4. The monoisotopic (exact) mass is 409 g/mol. The van der Waals surface area contributed by atoms with Gasteiger partial charge in [0.1, 0.15) is 6.61 Å². The third-order valence-electron chi connectivity index (χ3n) is 4.40. The van der Waals surface area contributed by atoms with Crippen molar-refractivity contribution in [2.45, 2.75) is 0 Å². The van der Waals surface area contributed by atoms with Crippen molar-refractivity contribution < 1.29 is 9.53 Å². The van der Waals surface area contributed by atoms with E-state index in [0.29, 0.717) is 13.2 Å². The van der Waals surface area contributed by atoms with Crippen LogP contribution in [0.25, 0.3) is 0 Å². The number of ether oxygens (including phenoxy) is 1. The summed E-state index contributed by atoms with van der Waals surface area (Å²) in [7, 11) is 1.93. The van der Waals surface area contributed by atoms with Crippen LogP contribution in [-0.2, 0) is 9.53 Å². The second kappa shape index (κ2) is 11.1. The highest BCUT2D eigenvalue weighted by Crippen LogP contribution is 2.22. The van der Waals surface area contributed by atoms with Crippen molar-refractivity contribution in [2.24, 2.45) is 10.2 Å². The fourth-order valence-corrected chi connectivity index (χ4v) is 2.64. The van der Waals surface area contributed by atoms with E-state index in [4.69, 9.17) is 4.74 Å². The first kappa shape index (κ1) is 21.5. The molecular formula is C26H23N3O2. The molecule has 0 saturated heterocycles. The van der Waals surface area contributed by atoms with Gasteiger partial charge in [0.15, 0.2) is 0 Å². The fraction of sp³-hybridized carbons (Fsp3) is 0.115. The second-order valence-corrected chi connectivity index (χ2v) is 6.67. The van der Waals surface area contributed by atoms with Crippen LogP contribution in [0.5, 0.6) is 0 Å². The molecule has 5 nitrogen and oxygen atoms in total. The zero-order valence-electron chi connectivity index (χ0n) is 17.4. The smallest absolute Gasteiger partial charge is 0.330 e. The molecular weight excluding hydrogens is 386 g/mol. The summed E-state index contributed by atoms with van der Waals surface area (Å²) in [5, 5.41) is 8.57. The molecule has 154 valence electrons. The Hall–Kier alpha value is -4.17. The maximum atomic E-state index is 11.1. The molecule has 0 saturated carbocycles. The Labute approximate surface area is 182 Å². The quantitative estimate of drug-likeness (QED) is 0.219. The molecule has 0 spiro atoms. The van der Waals surface area contributed by atoms with Crippen LogP contribution in [0.2, 0.25) is 0 Å². The molecule has 5 heteroatoms. The van der Waals surface area contributed by atoms with Gasteiger partial charge < -0.3 is 9.64 Å². The standard InChI is InChI=1S/C26H23N3O2/c1-3-26(30)31-20-19-29(2)25-17-15-24(16-18-25)28-27-23-13-11-22(12-14-23)10-9-21-7-5-4-6-8-21/h3-8,11-18H,1,19-20H2,2H3. The Morgan fingerprint density at radius 3 is 2.03 bits per heavy atom. The number of nitrogens with zero attached hydrogens (tertiary/aromatic N) is 3. The largest absolute Gasteiger partial charge is 0.461 e. The molecule has 3 aromatic rings. The molecule has 3 rings (SSSR count). The highest BCUT2D eigenvalue weighted by atomic mass is 16.5. The molecule has 0 fully saturated rings. The molecule has 0 aromatic heterocycles. The van der Waals surface area contributed by atoms with Crippen molar-refractivity contribution in [3.8, 4) is 11.8 Å². The predicted molar refractivity (Wildman–Crippen MR) is 124 cm³/mol. The van der Waals surface area contributed by atoms with E-state index in [0.717, 1.165) is 34.3 Å². The topological polar surface area (TPSA) is 54.3 Å². The average molecular weight is 409 g/mol. The van der Waals surface area contributed by atoms with Gasteiger partial charge >= 0.3 is 5.97 Å². The maximum absolute atomic E-state index is 11.1. The summed E-state index contributed by atoms with van der Waals surface area (Å²) in [6, 6.07) is 25.2. The first-order valence-corrected chi connectivity index (χ1v) is 9.83. The number of rotatable bonds is 7. The third-order valence-corrected chi connectivity index (χ3v) is 4.40. The molecule has 0 unspecified atom stereocenters. The van der Waals surface area contributed by atoms with Gasteiger partial charge in [-0.25, -0.2) is 4.79 Å². The summed E-state index contributed by atoms with van der Waals surface area (Å²) in [6.07, 6.45) is 1.16. The molecule has 3 aromatic carbocycles. The molecule has 0 N–H and O–H groups in total. The van der Waals surface area contributed by atoms with Crippen LogP contribution in [0.15, 0.2) is 102 Å². The molecule has 0 aliphatic rings. The number of esters is 1. The predicted octanol–water partition coefficient (Wildman–Crippen LogP) is 5.67. The van der Waals surface area contributed by atoms with E-state index in [9.17, 15) is 4.79 Å². The van der Waals surface area contributed by atoms with Gasteiger partial charge in [-0.3, -0.25) is 0 Å². The van der Waals surface area contributed by atoms with Gasteiger partial charge in [-0.2, -0.15) is 10.2 Å². The first-order valence-electron chi connectivity index (χ1n) is 9.83. The normalized spacial score (nSPS) is 10.2. The zero-order chi connectivity index (χ0) is 21.9. The number of likely N-dealkylation sites (N-methyl/N-ethyl adjacent to an activating group) is 1. The number of carbonyl (C=O) groups is 1. The van der Waals surface area contributed by atoms with Crippen LogP contribution in [0.3, 0.4) is 0 Å². The number of anilines is 1. The van der Waals surface area contributed by atoms with Gasteiger partial charge in [0.25, 0.3) is 0 Å². The van der Waals surface area contributed by atoms with Crippen molar-refractivity contribution in [3.05, 3.63) is 103 Å². The number of hydrogen-bond acceptors (Lipinski definition) is 5. The van der Waals surface area contributed by atoms with E-state index in [2.05, 4.69) is 28.6 Å². The lowest BCUT2D eigenvalue weighted by Gasteiger charge is -2.18. The molecule has 31 heavy (non-hydrogen) atoms. The van der Waals surface area contributed by atoms with E-state index in [1.807, 2.05) is 90.8 Å². The van der Waals surface area contributed by atoms with Crippen LogP contribution in [0.4, 0.5) is 17.1 Å². The molecule has 0 aliphatic carbocycles. The highest BCUT2D eigenvalue weighted by Gasteiger charge is 2.02. The Bertz CT molecular complexity index is 1090. The molecule has 0 radical (unpaired) electrons. The van der Waals surface area contributed by atoms with Gasteiger partial charge in [0.05, 0.1) is 17.9 Å². The van der Waals surface area contributed by atoms with Crippen molar-refractivity contribution in [1.82, 2.24) is 0 Å². The summed E-state index contributed by atoms with van der Waals surface area (Å²) < 4.78 is 5.00. The highest BCUT2D eigenvalue weighted by molar-refractivity contribution is 5.81. The fourth-order valence-electron chi connectivity index (χ4n) is 2.64. The van der Waals surface area contributed by atoms with Gasteiger partial charge in [-0.05, 0) is 60.7 Å². The van der Waals surface area contributed by atoms with Gasteiger partial charge in [0.2, 0.25) is 0 Å². The summed E-state index contributed by atoms with van der Waals surface area (Å²) in [4.78, 5) is 13.1. The van der Waals surface area contributed by atoms with Crippen LogP contribution in [-0.4, -0.2) is 26.2 Å². The van der Waals surface area contributed by atoms with E-state index in [1.54, 1.807) is 0 Å². The minimum absolute atomic E-state index is 0.300. The number of azo groups is 1. The number of benzene rings is 3. The third kappa shape index (κ3) is 6.98. The lowest BCUT2D eigenvalue weighted by Crippen LogP contribution is -2.23. The summed E-state index contributed by atoms with van der Waals surface area (Å²) in [5.74, 6) is 5.86. The van der Waals surface area contributed by atoms with Crippen molar-refractivity contribution >= 4 is 23.0 Å². The summed E-state index contributed by atoms with van der Waals surface area (Å²) in [6.45, 7) is 4.26. The Kier molecular flexibility index (Phi) is 7.73.